The van der Waals surface area contributed by atoms with Crippen molar-refractivity contribution in [1.29, 1.82) is 0 Å². The van der Waals surface area contributed by atoms with Crippen molar-refractivity contribution in [2.45, 2.75) is 84.0 Å². The van der Waals surface area contributed by atoms with E-state index in [4.69, 9.17) is 18.9 Å². The average Bonchev–Trinajstić information content (AvgIpc) is 2.58. The Morgan fingerprint density at radius 1 is 0.929 bits per heavy atom. The summed E-state index contributed by atoms with van der Waals surface area (Å²) in [5, 5.41) is 12.3. The fourth-order valence-corrected chi connectivity index (χ4v) is 2.93. The monoisotopic (exact) mass is 403 g/mol. The molecule has 1 amide bonds. The van der Waals surface area contributed by atoms with Crippen LogP contribution in [0.4, 0.5) is 0 Å². The first kappa shape index (κ1) is 23.8. The second kappa shape index (κ2) is 11.6. The molecule has 2 N–H and O–H groups in total. The van der Waals surface area contributed by atoms with Gasteiger partial charge in [0.2, 0.25) is 12.2 Å². The molecule has 0 aromatic carbocycles. The fraction of sp³-hybridized carbons (Fsp3) is 0.778. The SMILES string of the molecule is CCCCCC(=O)N[C@H]1[C@@H](OC(C)=O)O[C@H](CO)[C@@H](OC(C)=O)[C@@H]1OC(C)=O. The Labute approximate surface area is 163 Å². The highest BCUT2D eigenvalue weighted by Gasteiger charge is 2.51. The number of nitrogens with one attached hydrogen (secondary N) is 1. The third-order valence-electron chi connectivity index (χ3n) is 4.05. The molecular formula is C18H29NO9. The zero-order valence-corrected chi connectivity index (χ0v) is 16.6. The number of hydrogen-bond donors (Lipinski definition) is 2. The molecule has 0 aromatic heterocycles. The highest BCUT2D eigenvalue weighted by molar-refractivity contribution is 5.76. The lowest BCUT2D eigenvalue weighted by atomic mass is 9.96. The van der Waals surface area contributed by atoms with Crippen LogP contribution in [0.1, 0.15) is 53.4 Å². The predicted molar refractivity (Wildman–Crippen MR) is 94.7 cm³/mol. The topological polar surface area (TPSA) is 137 Å². The smallest absolute Gasteiger partial charge is 0.305 e. The number of ether oxygens (including phenoxy) is 4. The molecule has 0 aromatic rings. The minimum atomic E-state index is -1.33. The summed E-state index contributed by atoms with van der Waals surface area (Å²) in [5.41, 5.74) is 0. The summed E-state index contributed by atoms with van der Waals surface area (Å²) in [6.45, 7) is 4.85. The molecule has 1 aliphatic rings. The van der Waals surface area contributed by atoms with Crippen LogP contribution in [-0.4, -0.2) is 66.2 Å². The zero-order chi connectivity index (χ0) is 21.3. The van der Waals surface area contributed by atoms with E-state index in [-0.39, 0.29) is 12.3 Å². The maximum Gasteiger partial charge on any atom is 0.305 e. The van der Waals surface area contributed by atoms with E-state index in [9.17, 15) is 24.3 Å². The molecule has 0 radical (unpaired) electrons. The van der Waals surface area contributed by atoms with Crippen LogP contribution in [-0.2, 0) is 38.1 Å². The Kier molecular flexibility index (Phi) is 9.88. The van der Waals surface area contributed by atoms with Crippen LogP contribution in [0.25, 0.3) is 0 Å². The zero-order valence-electron chi connectivity index (χ0n) is 16.6. The third-order valence-corrected chi connectivity index (χ3v) is 4.05. The third kappa shape index (κ3) is 7.43. The van der Waals surface area contributed by atoms with Crippen molar-refractivity contribution in [3.05, 3.63) is 0 Å². The number of aliphatic hydroxyl groups is 1. The van der Waals surface area contributed by atoms with Crippen molar-refractivity contribution in [3.8, 4) is 0 Å². The van der Waals surface area contributed by atoms with E-state index in [2.05, 4.69) is 5.32 Å². The molecule has 5 atom stereocenters. The number of rotatable bonds is 9. The summed E-state index contributed by atoms with van der Waals surface area (Å²) < 4.78 is 21.1. The molecule has 1 heterocycles. The quantitative estimate of drug-likeness (QED) is 0.314. The summed E-state index contributed by atoms with van der Waals surface area (Å²) in [6, 6.07) is -1.12. The lowest BCUT2D eigenvalue weighted by molar-refractivity contribution is -0.269. The van der Waals surface area contributed by atoms with Crippen molar-refractivity contribution in [1.82, 2.24) is 5.32 Å². The van der Waals surface area contributed by atoms with Crippen LogP contribution in [0.2, 0.25) is 0 Å². The largest absolute Gasteiger partial charge is 0.456 e. The molecule has 1 aliphatic heterocycles. The van der Waals surface area contributed by atoms with E-state index >= 15 is 0 Å². The van der Waals surface area contributed by atoms with Crippen molar-refractivity contribution < 1.29 is 43.2 Å². The number of hydrogen-bond acceptors (Lipinski definition) is 9. The van der Waals surface area contributed by atoms with Gasteiger partial charge in [-0.25, -0.2) is 0 Å². The van der Waals surface area contributed by atoms with Crippen LogP contribution in [0, 0.1) is 0 Å². The molecule has 10 heteroatoms. The van der Waals surface area contributed by atoms with Gasteiger partial charge in [-0.2, -0.15) is 0 Å². The molecule has 0 aliphatic carbocycles. The molecule has 0 saturated carbocycles. The van der Waals surface area contributed by atoms with Crippen LogP contribution < -0.4 is 5.32 Å². The van der Waals surface area contributed by atoms with Crippen LogP contribution in [0.5, 0.6) is 0 Å². The van der Waals surface area contributed by atoms with E-state index in [1.54, 1.807) is 0 Å². The maximum absolute atomic E-state index is 12.3. The minimum absolute atomic E-state index is 0.214. The molecule has 160 valence electrons. The minimum Gasteiger partial charge on any atom is -0.456 e. The Hall–Kier alpha value is -2.20. The first-order chi connectivity index (χ1) is 13.2. The Morgan fingerprint density at radius 2 is 1.50 bits per heavy atom. The fourth-order valence-electron chi connectivity index (χ4n) is 2.93. The normalized spacial score (nSPS) is 26.8. The molecule has 28 heavy (non-hydrogen) atoms. The average molecular weight is 403 g/mol. The number of carbonyl (C=O) groups excluding carboxylic acids is 4. The molecule has 0 bridgehead atoms. The Bertz CT molecular complexity index is 565. The Balaban J connectivity index is 3.15. The predicted octanol–water partition coefficient (Wildman–Crippen LogP) is 0.195. The number of unbranched alkanes of at least 4 members (excludes halogenated alkanes) is 2. The van der Waals surface area contributed by atoms with Crippen molar-refractivity contribution in [3.63, 3.8) is 0 Å². The van der Waals surface area contributed by atoms with Crippen molar-refractivity contribution >= 4 is 23.8 Å². The highest BCUT2D eigenvalue weighted by Crippen LogP contribution is 2.27. The van der Waals surface area contributed by atoms with Gasteiger partial charge in [-0.3, -0.25) is 19.2 Å². The van der Waals surface area contributed by atoms with Crippen molar-refractivity contribution in [2.75, 3.05) is 6.61 Å². The lowest BCUT2D eigenvalue weighted by Crippen LogP contribution is -2.66. The van der Waals surface area contributed by atoms with Crippen LogP contribution >= 0.6 is 0 Å². The second-order valence-corrected chi connectivity index (χ2v) is 6.53. The molecule has 1 rings (SSSR count). The van der Waals surface area contributed by atoms with E-state index in [1.165, 1.54) is 0 Å². The first-order valence-electron chi connectivity index (χ1n) is 9.26. The molecule has 1 saturated heterocycles. The van der Waals surface area contributed by atoms with Gasteiger partial charge in [-0.1, -0.05) is 19.8 Å². The summed E-state index contributed by atoms with van der Waals surface area (Å²) >= 11 is 0. The number of amides is 1. The van der Waals surface area contributed by atoms with Gasteiger partial charge < -0.3 is 29.4 Å². The van der Waals surface area contributed by atoms with Gasteiger partial charge in [0.25, 0.3) is 0 Å². The maximum atomic E-state index is 12.3. The van der Waals surface area contributed by atoms with E-state index in [1.807, 2.05) is 6.92 Å². The molecule has 10 nitrogen and oxygen atoms in total. The van der Waals surface area contributed by atoms with E-state index in [0.29, 0.717) is 6.42 Å². The lowest BCUT2D eigenvalue weighted by Gasteiger charge is -2.44. The van der Waals surface area contributed by atoms with E-state index in [0.717, 1.165) is 33.6 Å². The van der Waals surface area contributed by atoms with Gasteiger partial charge in [0.15, 0.2) is 12.2 Å². The van der Waals surface area contributed by atoms with Gasteiger partial charge in [0.05, 0.1) is 6.61 Å². The summed E-state index contributed by atoms with van der Waals surface area (Å²) in [4.78, 5) is 46.9. The Morgan fingerprint density at radius 3 is 2.00 bits per heavy atom. The molecule has 1 fully saturated rings. The number of aliphatic hydroxyl groups excluding tert-OH is 1. The van der Waals surface area contributed by atoms with Gasteiger partial charge in [0.1, 0.15) is 12.1 Å². The summed E-state index contributed by atoms with van der Waals surface area (Å²) in [7, 11) is 0. The summed E-state index contributed by atoms with van der Waals surface area (Å²) in [5.74, 6) is -2.45. The van der Waals surface area contributed by atoms with Crippen LogP contribution in [0.3, 0.4) is 0 Å². The van der Waals surface area contributed by atoms with Gasteiger partial charge in [-0.05, 0) is 6.42 Å². The number of carbonyl (C=O) groups is 4. The standard InChI is InChI=1S/C18H29NO9/c1-5-6-7-8-14(24)19-15-17(26-11(3)22)16(25-10(2)21)13(9-20)28-18(15)27-12(4)23/h13,15-18,20H,5-9H2,1-4H3,(H,19,24)/t13-,15-,16-,17-,18+/m1/s1. The van der Waals surface area contributed by atoms with Gasteiger partial charge >= 0.3 is 17.9 Å². The molecular weight excluding hydrogens is 374 g/mol. The van der Waals surface area contributed by atoms with Crippen LogP contribution in [0.15, 0.2) is 0 Å². The molecule has 0 unspecified atom stereocenters. The van der Waals surface area contributed by atoms with Gasteiger partial charge in [-0.15, -0.1) is 0 Å². The number of esters is 3. The second-order valence-electron chi connectivity index (χ2n) is 6.53. The van der Waals surface area contributed by atoms with Crippen molar-refractivity contribution in [2.24, 2.45) is 0 Å². The summed E-state index contributed by atoms with van der Waals surface area (Å²) in [6.07, 6.45) is -2.21. The molecule has 0 spiro atoms. The van der Waals surface area contributed by atoms with E-state index < -0.39 is 55.2 Å². The first-order valence-corrected chi connectivity index (χ1v) is 9.26. The van der Waals surface area contributed by atoms with Gasteiger partial charge in [0, 0.05) is 27.2 Å². The highest BCUT2D eigenvalue weighted by atomic mass is 16.7.